The normalized spacial score (nSPS) is 22.5. The number of nitrogens with two attached hydrogens (primary N) is 1. The first kappa shape index (κ1) is 17.2. The van der Waals surface area contributed by atoms with Crippen molar-refractivity contribution in [1.29, 1.82) is 0 Å². The maximum absolute atomic E-state index is 14.2. The molecule has 0 saturated carbocycles. The molecule has 0 spiro atoms. The van der Waals surface area contributed by atoms with Gasteiger partial charge in [0, 0.05) is 44.7 Å². The van der Waals surface area contributed by atoms with Crippen LogP contribution in [0.15, 0.2) is 42.6 Å². The Kier molecular flexibility index (Phi) is 5.04. The second kappa shape index (κ2) is 7.60. The molecule has 1 aromatic carbocycles. The summed E-state index contributed by atoms with van der Waals surface area (Å²) < 4.78 is 20.2. The maximum Gasteiger partial charge on any atom is 0.148 e. The van der Waals surface area contributed by atoms with E-state index in [1.807, 2.05) is 18.3 Å². The van der Waals surface area contributed by atoms with Crippen molar-refractivity contribution < 1.29 is 9.13 Å². The fourth-order valence-electron chi connectivity index (χ4n) is 4.04. The van der Waals surface area contributed by atoms with E-state index in [1.165, 1.54) is 6.07 Å². The van der Waals surface area contributed by atoms with Gasteiger partial charge in [0.2, 0.25) is 0 Å². The smallest absolute Gasteiger partial charge is 0.148 e. The van der Waals surface area contributed by atoms with Crippen LogP contribution in [-0.4, -0.2) is 48.8 Å². The third-order valence-corrected chi connectivity index (χ3v) is 5.33. The molecule has 6 heteroatoms. The average Bonchev–Trinajstić information content (AvgIpc) is 3.18. The van der Waals surface area contributed by atoms with Gasteiger partial charge in [-0.1, -0.05) is 6.07 Å². The number of anilines is 2. The Morgan fingerprint density at radius 3 is 2.65 bits per heavy atom. The fraction of sp³-hybridized carbons (Fsp3) is 0.450. The van der Waals surface area contributed by atoms with Crippen LogP contribution in [0, 0.1) is 5.82 Å². The molecule has 2 fully saturated rings. The van der Waals surface area contributed by atoms with Crippen molar-refractivity contribution in [3.63, 3.8) is 0 Å². The lowest BCUT2D eigenvalue weighted by atomic mass is 10.0. The number of pyridine rings is 1. The van der Waals surface area contributed by atoms with Crippen molar-refractivity contribution in [2.45, 2.75) is 25.0 Å². The molecule has 0 aliphatic carbocycles. The maximum atomic E-state index is 14.2. The van der Waals surface area contributed by atoms with Crippen LogP contribution >= 0.6 is 0 Å². The van der Waals surface area contributed by atoms with Gasteiger partial charge in [0.25, 0.3) is 0 Å². The lowest BCUT2D eigenvalue weighted by Gasteiger charge is -2.41. The van der Waals surface area contributed by atoms with Crippen LogP contribution in [-0.2, 0) is 4.74 Å². The molecule has 26 heavy (non-hydrogen) atoms. The van der Waals surface area contributed by atoms with E-state index >= 15 is 0 Å². The van der Waals surface area contributed by atoms with E-state index in [4.69, 9.17) is 10.5 Å². The summed E-state index contributed by atoms with van der Waals surface area (Å²) in [6.45, 7) is 4.08. The molecule has 0 amide bonds. The highest BCUT2D eigenvalue weighted by Gasteiger charge is 2.35. The van der Waals surface area contributed by atoms with Gasteiger partial charge in [-0.15, -0.1) is 0 Å². The van der Waals surface area contributed by atoms with E-state index in [-0.39, 0.29) is 18.0 Å². The summed E-state index contributed by atoms with van der Waals surface area (Å²) in [6, 6.07) is 11.1. The van der Waals surface area contributed by atoms with Crippen LogP contribution in [0.2, 0.25) is 0 Å². The van der Waals surface area contributed by atoms with E-state index in [0.29, 0.717) is 11.4 Å². The molecule has 2 atom stereocenters. The molecule has 0 radical (unpaired) electrons. The van der Waals surface area contributed by atoms with Crippen LogP contribution < -0.4 is 10.6 Å². The van der Waals surface area contributed by atoms with Crippen molar-refractivity contribution in [3.8, 4) is 0 Å². The second-order valence-corrected chi connectivity index (χ2v) is 6.98. The van der Waals surface area contributed by atoms with Gasteiger partial charge in [0.1, 0.15) is 5.82 Å². The van der Waals surface area contributed by atoms with E-state index in [2.05, 4.69) is 20.9 Å². The van der Waals surface area contributed by atoms with Gasteiger partial charge in [0.05, 0.1) is 23.5 Å². The Morgan fingerprint density at radius 2 is 2.00 bits per heavy atom. The molecule has 2 saturated heterocycles. The Hall–Kier alpha value is -2.18. The van der Waals surface area contributed by atoms with E-state index in [1.54, 1.807) is 12.1 Å². The first-order chi connectivity index (χ1) is 12.7. The molecule has 2 aromatic rings. The minimum Gasteiger partial charge on any atom is -0.399 e. The summed E-state index contributed by atoms with van der Waals surface area (Å²) in [6.07, 6.45) is 4.19. The topological polar surface area (TPSA) is 54.6 Å². The number of nitrogen functional groups attached to an aromatic ring is 1. The van der Waals surface area contributed by atoms with Gasteiger partial charge in [-0.25, -0.2) is 4.39 Å². The predicted octanol–water partition coefficient (Wildman–Crippen LogP) is 2.85. The molecular formula is C20H25FN4O. The summed E-state index contributed by atoms with van der Waals surface area (Å²) in [4.78, 5) is 9.12. The SMILES string of the molecule is Nc1ccc(N2CCN([C@H](c3ccccn3)C3CCCO3)CC2)c(F)c1. The Bertz CT molecular complexity index is 728. The van der Waals surface area contributed by atoms with Gasteiger partial charge in [0.15, 0.2) is 0 Å². The molecule has 138 valence electrons. The quantitative estimate of drug-likeness (QED) is 0.854. The van der Waals surface area contributed by atoms with Crippen molar-refractivity contribution in [2.75, 3.05) is 43.4 Å². The van der Waals surface area contributed by atoms with E-state index in [9.17, 15) is 4.39 Å². The zero-order chi connectivity index (χ0) is 17.9. The number of ether oxygens (including phenoxy) is 1. The number of piperazine rings is 1. The molecule has 1 unspecified atom stereocenters. The number of halogens is 1. The minimum atomic E-state index is -0.251. The van der Waals surface area contributed by atoms with E-state index < -0.39 is 0 Å². The summed E-state index contributed by atoms with van der Waals surface area (Å²) in [5.74, 6) is -0.251. The van der Waals surface area contributed by atoms with Crippen LogP contribution in [0.3, 0.4) is 0 Å². The van der Waals surface area contributed by atoms with Gasteiger partial charge < -0.3 is 15.4 Å². The Morgan fingerprint density at radius 1 is 1.15 bits per heavy atom. The molecule has 2 N–H and O–H groups in total. The number of hydrogen-bond donors (Lipinski definition) is 1. The van der Waals surface area contributed by atoms with Gasteiger partial charge >= 0.3 is 0 Å². The molecule has 3 heterocycles. The largest absolute Gasteiger partial charge is 0.399 e. The summed E-state index contributed by atoms with van der Waals surface area (Å²) in [5.41, 5.74) is 7.81. The summed E-state index contributed by atoms with van der Waals surface area (Å²) >= 11 is 0. The fourth-order valence-corrected chi connectivity index (χ4v) is 4.04. The third-order valence-electron chi connectivity index (χ3n) is 5.33. The molecule has 4 rings (SSSR count). The summed E-state index contributed by atoms with van der Waals surface area (Å²) in [7, 11) is 0. The average molecular weight is 356 g/mol. The first-order valence-electron chi connectivity index (χ1n) is 9.29. The molecule has 1 aromatic heterocycles. The lowest BCUT2D eigenvalue weighted by molar-refractivity contribution is 0.0183. The predicted molar refractivity (Wildman–Crippen MR) is 101 cm³/mol. The van der Waals surface area contributed by atoms with Gasteiger partial charge in [-0.05, 0) is 43.2 Å². The highest BCUT2D eigenvalue weighted by Crippen LogP contribution is 2.32. The van der Waals surface area contributed by atoms with Crippen LogP contribution in [0.5, 0.6) is 0 Å². The highest BCUT2D eigenvalue weighted by atomic mass is 19.1. The molecular weight excluding hydrogens is 331 g/mol. The number of benzene rings is 1. The van der Waals surface area contributed by atoms with Crippen molar-refractivity contribution in [2.24, 2.45) is 0 Å². The van der Waals surface area contributed by atoms with Crippen LogP contribution in [0.1, 0.15) is 24.6 Å². The number of rotatable bonds is 4. The molecule has 2 aliphatic heterocycles. The molecule has 2 aliphatic rings. The van der Waals surface area contributed by atoms with Crippen molar-refractivity contribution in [3.05, 3.63) is 54.1 Å². The number of hydrogen-bond acceptors (Lipinski definition) is 5. The van der Waals surface area contributed by atoms with Crippen molar-refractivity contribution in [1.82, 2.24) is 9.88 Å². The lowest BCUT2D eigenvalue weighted by Crippen LogP contribution is -2.50. The molecule has 5 nitrogen and oxygen atoms in total. The monoisotopic (exact) mass is 356 g/mol. The van der Waals surface area contributed by atoms with Crippen LogP contribution in [0.4, 0.5) is 15.8 Å². The Balaban J connectivity index is 1.49. The van der Waals surface area contributed by atoms with Crippen molar-refractivity contribution >= 4 is 11.4 Å². The highest BCUT2D eigenvalue weighted by molar-refractivity contribution is 5.54. The molecule has 0 bridgehead atoms. The van der Waals surface area contributed by atoms with Crippen LogP contribution in [0.25, 0.3) is 0 Å². The summed E-state index contributed by atoms with van der Waals surface area (Å²) in [5, 5.41) is 0. The van der Waals surface area contributed by atoms with Gasteiger partial charge in [-0.3, -0.25) is 9.88 Å². The standard InChI is InChI=1S/C20H25FN4O/c21-16-14-15(22)6-7-18(16)24-9-11-25(12-10-24)20(19-5-3-13-26-19)17-4-1-2-8-23-17/h1-2,4,6-8,14,19-20H,3,5,9-13,22H2/t19?,20-/m1/s1. The minimum absolute atomic E-state index is 0.164. The first-order valence-corrected chi connectivity index (χ1v) is 9.29. The van der Waals surface area contributed by atoms with Gasteiger partial charge in [-0.2, -0.15) is 0 Å². The number of aromatic nitrogens is 1. The number of nitrogens with zero attached hydrogens (tertiary/aromatic N) is 3. The third kappa shape index (κ3) is 3.52. The zero-order valence-corrected chi connectivity index (χ0v) is 14.9. The second-order valence-electron chi connectivity index (χ2n) is 6.98. The Labute approximate surface area is 153 Å². The van der Waals surface area contributed by atoms with E-state index in [0.717, 1.165) is 51.3 Å². The zero-order valence-electron chi connectivity index (χ0n) is 14.9.